The van der Waals surface area contributed by atoms with Gasteiger partial charge in [0.25, 0.3) is 11.6 Å². The number of nitro groups is 1. The van der Waals surface area contributed by atoms with Gasteiger partial charge in [0.15, 0.2) is 0 Å². The fourth-order valence-corrected chi connectivity index (χ4v) is 3.46. The highest BCUT2D eigenvalue weighted by Gasteiger charge is 2.24. The van der Waals surface area contributed by atoms with Gasteiger partial charge in [-0.3, -0.25) is 19.8 Å². The Morgan fingerprint density at radius 3 is 2.46 bits per heavy atom. The van der Waals surface area contributed by atoms with Crippen molar-refractivity contribution in [3.05, 3.63) is 73.8 Å². The Bertz CT molecular complexity index is 836. The predicted octanol–water partition coefficient (Wildman–Crippen LogP) is 3.86. The maximum Gasteiger partial charge on any atom is 0.269 e. The minimum atomic E-state index is -0.393. The van der Waals surface area contributed by atoms with E-state index in [2.05, 4.69) is 4.90 Å². The number of rotatable bonds is 4. The summed E-state index contributed by atoms with van der Waals surface area (Å²) in [5, 5.41) is 11.7. The molecule has 1 aliphatic rings. The molecule has 1 saturated heterocycles. The van der Waals surface area contributed by atoms with Crippen molar-refractivity contribution < 1.29 is 9.72 Å². The Morgan fingerprint density at radius 2 is 1.81 bits per heavy atom. The van der Waals surface area contributed by atoms with Crippen LogP contribution in [0.1, 0.15) is 15.9 Å². The molecule has 0 atom stereocenters. The molecular weight excluding hydrogens is 377 g/mol. The molecule has 1 heterocycles. The predicted molar refractivity (Wildman–Crippen MR) is 101 cm³/mol. The lowest BCUT2D eigenvalue weighted by Crippen LogP contribution is -2.48. The average Bonchev–Trinajstić information content (AvgIpc) is 2.62. The molecule has 26 heavy (non-hydrogen) atoms. The molecule has 1 fully saturated rings. The first-order chi connectivity index (χ1) is 12.4. The Balaban J connectivity index is 1.59. The number of hydrogen-bond acceptors (Lipinski definition) is 4. The molecule has 0 saturated carbocycles. The second kappa shape index (κ2) is 8.03. The molecule has 3 rings (SSSR count). The highest BCUT2D eigenvalue weighted by atomic mass is 35.5. The third-order valence-electron chi connectivity index (χ3n) is 4.35. The summed E-state index contributed by atoms with van der Waals surface area (Å²) in [4.78, 5) is 27.0. The van der Waals surface area contributed by atoms with Crippen molar-refractivity contribution in [2.45, 2.75) is 6.54 Å². The van der Waals surface area contributed by atoms with Crippen LogP contribution in [0.15, 0.2) is 42.5 Å². The van der Waals surface area contributed by atoms with Crippen molar-refractivity contribution in [3.8, 4) is 0 Å². The van der Waals surface area contributed by atoms with Gasteiger partial charge in [0.05, 0.1) is 15.5 Å². The van der Waals surface area contributed by atoms with E-state index in [1.165, 1.54) is 6.07 Å². The maximum atomic E-state index is 12.6. The fourth-order valence-electron chi connectivity index (χ4n) is 2.97. The smallest absolute Gasteiger partial charge is 0.269 e. The summed E-state index contributed by atoms with van der Waals surface area (Å²) in [6.07, 6.45) is 0. The third kappa shape index (κ3) is 4.33. The second-order valence-corrected chi connectivity index (χ2v) is 6.96. The minimum Gasteiger partial charge on any atom is -0.336 e. The Kier molecular flexibility index (Phi) is 5.76. The van der Waals surface area contributed by atoms with Gasteiger partial charge < -0.3 is 4.90 Å². The van der Waals surface area contributed by atoms with E-state index in [4.69, 9.17) is 23.2 Å². The molecule has 0 aliphatic carbocycles. The first-order valence-electron chi connectivity index (χ1n) is 8.14. The van der Waals surface area contributed by atoms with Crippen molar-refractivity contribution >= 4 is 34.8 Å². The van der Waals surface area contributed by atoms with Crippen LogP contribution >= 0.6 is 23.2 Å². The molecule has 136 valence electrons. The van der Waals surface area contributed by atoms with Gasteiger partial charge in [-0.1, -0.05) is 35.3 Å². The normalized spacial score (nSPS) is 15.1. The average molecular weight is 394 g/mol. The highest BCUT2D eigenvalue weighted by Crippen LogP contribution is 2.23. The van der Waals surface area contributed by atoms with Crippen LogP contribution in [-0.2, 0) is 6.54 Å². The van der Waals surface area contributed by atoms with Crippen molar-refractivity contribution in [3.63, 3.8) is 0 Å². The molecule has 0 bridgehead atoms. The summed E-state index contributed by atoms with van der Waals surface area (Å²) in [5.41, 5.74) is 1.43. The van der Waals surface area contributed by atoms with E-state index >= 15 is 0 Å². The summed E-state index contributed by atoms with van der Waals surface area (Å²) in [6.45, 7) is 3.16. The number of nitro benzene ring substituents is 1. The lowest BCUT2D eigenvalue weighted by atomic mass is 10.1. The molecular formula is C18H17Cl2N3O3. The zero-order valence-electron chi connectivity index (χ0n) is 13.9. The van der Waals surface area contributed by atoms with Crippen LogP contribution in [-0.4, -0.2) is 46.8 Å². The van der Waals surface area contributed by atoms with E-state index < -0.39 is 4.92 Å². The van der Waals surface area contributed by atoms with Gasteiger partial charge >= 0.3 is 0 Å². The summed E-state index contributed by atoms with van der Waals surface area (Å²) in [6, 6.07) is 11.5. The van der Waals surface area contributed by atoms with Crippen LogP contribution in [0.25, 0.3) is 0 Å². The number of nitrogens with zero attached hydrogens (tertiary/aromatic N) is 3. The van der Waals surface area contributed by atoms with Crippen LogP contribution in [0.2, 0.25) is 10.0 Å². The Hall–Kier alpha value is -2.15. The zero-order valence-corrected chi connectivity index (χ0v) is 15.4. The van der Waals surface area contributed by atoms with Gasteiger partial charge in [-0.25, -0.2) is 0 Å². The largest absolute Gasteiger partial charge is 0.336 e. The number of halogens is 2. The SMILES string of the molecule is O=C(c1ccc(Cl)cc1Cl)N1CCN(Cc2cccc([N+](=O)[O-])c2)CC1. The van der Waals surface area contributed by atoms with E-state index in [1.807, 2.05) is 6.07 Å². The standard InChI is InChI=1S/C18H17Cl2N3O3/c19-14-4-5-16(17(20)11-14)18(24)22-8-6-21(7-9-22)12-13-2-1-3-15(10-13)23(25)26/h1-5,10-11H,6-9,12H2. The van der Waals surface area contributed by atoms with Gasteiger partial charge in [0, 0.05) is 49.9 Å². The van der Waals surface area contributed by atoms with Crippen LogP contribution in [0, 0.1) is 10.1 Å². The van der Waals surface area contributed by atoms with Crippen LogP contribution < -0.4 is 0 Å². The van der Waals surface area contributed by atoms with Crippen LogP contribution in [0.3, 0.4) is 0 Å². The number of carbonyl (C=O) groups excluding carboxylic acids is 1. The van der Waals surface area contributed by atoms with E-state index in [1.54, 1.807) is 35.2 Å². The van der Waals surface area contributed by atoms with Crippen LogP contribution in [0.5, 0.6) is 0 Å². The Labute approximate surface area is 161 Å². The van der Waals surface area contributed by atoms with Gasteiger partial charge in [0.2, 0.25) is 0 Å². The molecule has 2 aromatic rings. The quantitative estimate of drug-likeness (QED) is 0.584. The maximum absolute atomic E-state index is 12.6. The lowest BCUT2D eigenvalue weighted by Gasteiger charge is -2.35. The monoisotopic (exact) mass is 393 g/mol. The highest BCUT2D eigenvalue weighted by molar-refractivity contribution is 6.36. The first-order valence-corrected chi connectivity index (χ1v) is 8.89. The number of carbonyl (C=O) groups is 1. The molecule has 6 nitrogen and oxygen atoms in total. The third-order valence-corrected chi connectivity index (χ3v) is 4.90. The molecule has 0 aromatic heterocycles. The van der Waals surface area contributed by atoms with E-state index in [0.717, 1.165) is 5.56 Å². The molecule has 0 radical (unpaired) electrons. The van der Waals surface area contributed by atoms with Gasteiger partial charge in [0.1, 0.15) is 0 Å². The molecule has 0 spiro atoms. The van der Waals surface area contributed by atoms with Gasteiger partial charge in [-0.05, 0) is 23.8 Å². The summed E-state index contributed by atoms with van der Waals surface area (Å²) in [5.74, 6) is -0.110. The molecule has 1 amide bonds. The number of non-ortho nitro benzene ring substituents is 1. The number of hydrogen-bond donors (Lipinski definition) is 0. The molecule has 0 N–H and O–H groups in total. The summed E-state index contributed by atoms with van der Waals surface area (Å²) >= 11 is 12.0. The summed E-state index contributed by atoms with van der Waals surface area (Å²) in [7, 11) is 0. The molecule has 1 aliphatic heterocycles. The van der Waals surface area contributed by atoms with E-state index in [0.29, 0.717) is 48.3 Å². The zero-order chi connectivity index (χ0) is 18.7. The van der Waals surface area contributed by atoms with Crippen molar-refractivity contribution in [2.24, 2.45) is 0 Å². The Morgan fingerprint density at radius 1 is 1.08 bits per heavy atom. The van der Waals surface area contributed by atoms with E-state index in [-0.39, 0.29) is 11.6 Å². The van der Waals surface area contributed by atoms with Crippen molar-refractivity contribution in [1.29, 1.82) is 0 Å². The minimum absolute atomic E-state index is 0.0914. The van der Waals surface area contributed by atoms with Gasteiger partial charge in [-0.2, -0.15) is 0 Å². The molecule has 8 heteroatoms. The topological polar surface area (TPSA) is 66.7 Å². The second-order valence-electron chi connectivity index (χ2n) is 6.12. The fraction of sp³-hybridized carbons (Fsp3) is 0.278. The van der Waals surface area contributed by atoms with Gasteiger partial charge in [-0.15, -0.1) is 0 Å². The van der Waals surface area contributed by atoms with Crippen LogP contribution in [0.4, 0.5) is 5.69 Å². The van der Waals surface area contributed by atoms with Crippen molar-refractivity contribution in [2.75, 3.05) is 26.2 Å². The molecule has 2 aromatic carbocycles. The first kappa shape index (κ1) is 18.6. The lowest BCUT2D eigenvalue weighted by molar-refractivity contribution is -0.384. The number of benzene rings is 2. The molecule has 0 unspecified atom stereocenters. The summed E-state index contributed by atoms with van der Waals surface area (Å²) < 4.78 is 0. The van der Waals surface area contributed by atoms with Crippen molar-refractivity contribution in [1.82, 2.24) is 9.80 Å². The van der Waals surface area contributed by atoms with E-state index in [9.17, 15) is 14.9 Å². The number of piperazine rings is 1. The number of amides is 1.